The maximum absolute atomic E-state index is 3.56. The molecule has 0 aliphatic rings. The summed E-state index contributed by atoms with van der Waals surface area (Å²) in [6.07, 6.45) is 5.26. The van der Waals surface area contributed by atoms with Gasteiger partial charge in [-0.3, -0.25) is 0 Å². The molecule has 96 valence electrons. The standard InChI is InChI=1S/C15H24BrN/c1-3-5-6-8-14(12-17-4-2)13-9-7-10-15(16)11-13/h7,9-11,14,17H,3-6,8,12H2,1-2H3. The Labute approximate surface area is 114 Å². The van der Waals surface area contributed by atoms with Crippen LogP contribution in [-0.4, -0.2) is 13.1 Å². The number of halogens is 1. The van der Waals surface area contributed by atoms with E-state index in [-0.39, 0.29) is 0 Å². The first-order valence-corrected chi connectivity index (χ1v) is 7.53. The van der Waals surface area contributed by atoms with Crippen LogP contribution in [0.25, 0.3) is 0 Å². The second-order valence-electron chi connectivity index (χ2n) is 4.56. The summed E-state index contributed by atoms with van der Waals surface area (Å²) >= 11 is 3.56. The van der Waals surface area contributed by atoms with Crippen molar-refractivity contribution in [1.29, 1.82) is 0 Å². The summed E-state index contributed by atoms with van der Waals surface area (Å²) in [5, 5.41) is 3.48. The number of unbranched alkanes of at least 4 members (excludes halogenated alkanes) is 2. The quantitative estimate of drug-likeness (QED) is 0.685. The van der Waals surface area contributed by atoms with E-state index in [0.29, 0.717) is 5.92 Å². The van der Waals surface area contributed by atoms with Crippen molar-refractivity contribution in [3.05, 3.63) is 34.3 Å². The third-order valence-electron chi connectivity index (χ3n) is 3.12. The fourth-order valence-electron chi connectivity index (χ4n) is 2.11. The van der Waals surface area contributed by atoms with Crippen LogP contribution in [0.15, 0.2) is 28.7 Å². The van der Waals surface area contributed by atoms with Crippen molar-refractivity contribution in [2.75, 3.05) is 13.1 Å². The molecule has 0 amide bonds. The van der Waals surface area contributed by atoms with Crippen molar-refractivity contribution in [3.8, 4) is 0 Å². The van der Waals surface area contributed by atoms with E-state index in [1.54, 1.807) is 0 Å². The topological polar surface area (TPSA) is 12.0 Å². The highest BCUT2D eigenvalue weighted by atomic mass is 79.9. The highest BCUT2D eigenvalue weighted by molar-refractivity contribution is 9.10. The molecular weight excluding hydrogens is 274 g/mol. The van der Waals surface area contributed by atoms with Gasteiger partial charge < -0.3 is 5.32 Å². The number of hydrogen-bond donors (Lipinski definition) is 1. The highest BCUT2D eigenvalue weighted by Gasteiger charge is 2.10. The lowest BCUT2D eigenvalue weighted by molar-refractivity contribution is 0.527. The van der Waals surface area contributed by atoms with Crippen LogP contribution in [-0.2, 0) is 0 Å². The van der Waals surface area contributed by atoms with Gasteiger partial charge in [0, 0.05) is 11.0 Å². The van der Waals surface area contributed by atoms with Crippen LogP contribution in [0, 0.1) is 0 Å². The van der Waals surface area contributed by atoms with E-state index in [0.717, 1.165) is 13.1 Å². The van der Waals surface area contributed by atoms with Crippen LogP contribution >= 0.6 is 15.9 Å². The first kappa shape index (κ1) is 14.7. The average molecular weight is 298 g/mol. The van der Waals surface area contributed by atoms with Crippen molar-refractivity contribution in [2.24, 2.45) is 0 Å². The molecule has 0 bridgehead atoms. The molecule has 0 aliphatic carbocycles. The molecular formula is C15H24BrN. The normalized spacial score (nSPS) is 12.6. The van der Waals surface area contributed by atoms with Crippen molar-refractivity contribution >= 4 is 15.9 Å². The molecule has 0 spiro atoms. The fourth-order valence-corrected chi connectivity index (χ4v) is 2.52. The zero-order valence-electron chi connectivity index (χ0n) is 11.0. The predicted molar refractivity (Wildman–Crippen MR) is 79.6 cm³/mol. The predicted octanol–water partition coefficient (Wildman–Crippen LogP) is 4.72. The van der Waals surface area contributed by atoms with E-state index < -0.39 is 0 Å². The summed E-state index contributed by atoms with van der Waals surface area (Å²) in [6.45, 7) is 6.58. The number of rotatable bonds is 8. The molecule has 1 N–H and O–H groups in total. The maximum atomic E-state index is 3.56. The van der Waals surface area contributed by atoms with E-state index in [4.69, 9.17) is 0 Å². The van der Waals surface area contributed by atoms with Gasteiger partial charge in [-0.1, -0.05) is 61.2 Å². The third kappa shape index (κ3) is 5.69. The summed E-state index contributed by atoms with van der Waals surface area (Å²) in [7, 11) is 0. The SMILES string of the molecule is CCCCCC(CNCC)c1cccc(Br)c1. The Bertz CT molecular complexity index is 312. The summed E-state index contributed by atoms with van der Waals surface area (Å²) in [6, 6.07) is 8.74. The van der Waals surface area contributed by atoms with Crippen LogP contribution in [0.5, 0.6) is 0 Å². The molecule has 0 radical (unpaired) electrons. The van der Waals surface area contributed by atoms with Gasteiger partial charge in [-0.05, 0) is 36.6 Å². The lowest BCUT2D eigenvalue weighted by Gasteiger charge is -2.18. The third-order valence-corrected chi connectivity index (χ3v) is 3.61. The second kappa shape index (κ2) is 8.71. The maximum Gasteiger partial charge on any atom is 0.0178 e. The molecule has 1 unspecified atom stereocenters. The Kier molecular flexibility index (Phi) is 7.54. The summed E-state index contributed by atoms with van der Waals surface area (Å²) < 4.78 is 1.19. The van der Waals surface area contributed by atoms with Crippen molar-refractivity contribution in [3.63, 3.8) is 0 Å². The molecule has 0 saturated heterocycles. The van der Waals surface area contributed by atoms with Crippen molar-refractivity contribution in [1.82, 2.24) is 5.32 Å². The summed E-state index contributed by atoms with van der Waals surface area (Å²) in [4.78, 5) is 0. The molecule has 0 aliphatic heterocycles. The van der Waals surface area contributed by atoms with Gasteiger partial charge in [0.1, 0.15) is 0 Å². The van der Waals surface area contributed by atoms with E-state index >= 15 is 0 Å². The number of hydrogen-bond acceptors (Lipinski definition) is 1. The highest BCUT2D eigenvalue weighted by Crippen LogP contribution is 2.24. The zero-order chi connectivity index (χ0) is 12.5. The van der Waals surface area contributed by atoms with Gasteiger partial charge in [-0.2, -0.15) is 0 Å². The summed E-state index contributed by atoms with van der Waals surface area (Å²) in [5.41, 5.74) is 1.46. The Morgan fingerprint density at radius 1 is 1.24 bits per heavy atom. The van der Waals surface area contributed by atoms with Gasteiger partial charge in [0.25, 0.3) is 0 Å². The van der Waals surface area contributed by atoms with Crippen molar-refractivity contribution < 1.29 is 0 Å². The largest absolute Gasteiger partial charge is 0.316 e. The molecule has 0 fully saturated rings. The Morgan fingerprint density at radius 2 is 2.06 bits per heavy atom. The molecule has 1 rings (SSSR count). The molecule has 17 heavy (non-hydrogen) atoms. The lowest BCUT2D eigenvalue weighted by atomic mass is 9.93. The minimum absolute atomic E-state index is 0.652. The second-order valence-corrected chi connectivity index (χ2v) is 5.47. The molecule has 2 heteroatoms. The Morgan fingerprint density at radius 3 is 2.71 bits per heavy atom. The van der Waals surface area contributed by atoms with Crippen molar-refractivity contribution in [2.45, 2.75) is 45.4 Å². The molecule has 1 nitrogen and oxygen atoms in total. The van der Waals surface area contributed by atoms with E-state index in [1.807, 2.05) is 0 Å². The number of benzene rings is 1. The lowest BCUT2D eigenvalue weighted by Crippen LogP contribution is -2.21. The Hall–Kier alpha value is -0.340. The minimum Gasteiger partial charge on any atom is -0.316 e. The summed E-state index contributed by atoms with van der Waals surface area (Å²) in [5.74, 6) is 0.652. The van der Waals surface area contributed by atoms with Crippen LogP contribution < -0.4 is 5.32 Å². The minimum atomic E-state index is 0.652. The van der Waals surface area contributed by atoms with Gasteiger partial charge in [0.2, 0.25) is 0 Å². The van der Waals surface area contributed by atoms with Gasteiger partial charge in [-0.25, -0.2) is 0 Å². The van der Waals surface area contributed by atoms with Gasteiger partial charge >= 0.3 is 0 Å². The number of nitrogens with one attached hydrogen (secondary N) is 1. The monoisotopic (exact) mass is 297 g/mol. The van der Waals surface area contributed by atoms with Gasteiger partial charge in [-0.15, -0.1) is 0 Å². The molecule has 1 aromatic rings. The van der Waals surface area contributed by atoms with E-state index in [1.165, 1.54) is 35.7 Å². The van der Waals surface area contributed by atoms with Crippen LogP contribution in [0.2, 0.25) is 0 Å². The average Bonchev–Trinajstić information content (AvgIpc) is 2.33. The van der Waals surface area contributed by atoms with Gasteiger partial charge in [0.15, 0.2) is 0 Å². The van der Waals surface area contributed by atoms with E-state index in [2.05, 4.69) is 59.4 Å². The molecule has 0 heterocycles. The van der Waals surface area contributed by atoms with E-state index in [9.17, 15) is 0 Å². The molecule has 0 saturated carbocycles. The van der Waals surface area contributed by atoms with Crippen LogP contribution in [0.1, 0.15) is 51.0 Å². The van der Waals surface area contributed by atoms with Crippen LogP contribution in [0.4, 0.5) is 0 Å². The zero-order valence-corrected chi connectivity index (χ0v) is 12.6. The van der Waals surface area contributed by atoms with Crippen LogP contribution in [0.3, 0.4) is 0 Å². The Balaban J connectivity index is 2.60. The molecule has 0 aromatic heterocycles. The number of likely N-dealkylation sites (N-methyl/N-ethyl adjacent to an activating group) is 1. The molecule has 1 aromatic carbocycles. The first-order valence-electron chi connectivity index (χ1n) is 6.74. The molecule has 1 atom stereocenters. The smallest absolute Gasteiger partial charge is 0.0178 e. The fraction of sp³-hybridized carbons (Fsp3) is 0.600. The first-order chi connectivity index (χ1) is 8.27. The van der Waals surface area contributed by atoms with Gasteiger partial charge in [0.05, 0.1) is 0 Å².